The second kappa shape index (κ2) is 7.70. The molecule has 2 heterocycles. The van der Waals surface area contributed by atoms with Crippen molar-refractivity contribution in [2.24, 2.45) is 0 Å². The number of rotatable bonds is 4. The normalized spacial score (nSPS) is 14.0. The van der Waals surface area contributed by atoms with Gasteiger partial charge in [0.15, 0.2) is 0 Å². The smallest absolute Gasteiger partial charge is 0.407 e. The molecule has 1 aromatic carbocycles. The van der Waals surface area contributed by atoms with E-state index in [1.165, 1.54) is 23.1 Å². The molecule has 0 radical (unpaired) electrons. The summed E-state index contributed by atoms with van der Waals surface area (Å²) in [6.45, 7) is 1.93. The van der Waals surface area contributed by atoms with E-state index in [9.17, 15) is 9.18 Å². The van der Waals surface area contributed by atoms with Crippen LogP contribution >= 0.6 is 0 Å². The number of carboxylic acid groups (broad SMARTS) is 1. The lowest BCUT2D eigenvalue weighted by Gasteiger charge is -2.33. The molecule has 1 amide bonds. The minimum Gasteiger partial charge on any atom is -0.473 e. The summed E-state index contributed by atoms with van der Waals surface area (Å²) in [4.78, 5) is 18.7. The molecule has 0 spiro atoms. The second-order valence-corrected chi connectivity index (χ2v) is 5.80. The SMILES string of the molecule is N#Cc1ccc(COc2cccc(N3CCN(C(=O)O)CC3)n2)c(F)c1. The third kappa shape index (κ3) is 4.00. The summed E-state index contributed by atoms with van der Waals surface area (Å²) >= 11 is 0. The third-order valence-electron chi connectivity index (χ3n) is 4.14. The number of halogens is 1. The van der Waals surface area contributed by atoms with Crippen molar-refractivity contribution >= 4 is 11.9 Å². The number of carbonyl (C=O) groups is 1. The molecule has 1 aliphatic rings. The van der Waals surface area contributed by atoms with Gasteiger partial charge in [0.05, 0.1) is 11.6 Å². The molecule has 1 aromatic heterocycles. The van der Waals surface area contributed by atoms with Gasteiger partial charge in [-0.2, -0.15) is 10.2 Å². The predicted molar refractivity (Wildman–Crippen MR) is 91.5 cm³/mol. The van der Waals surface area contributed by atoms with Crippen molar-refractivity contribution in [3.8, 4) is 11.9 Å². The maximum Gasteiger partial charge on any atom is 0.407 e. The molecule has 8 heteroatoms. The van der Waals surface area contributed by atoms with Gasteiger partial charge in [-0.25, -0.2) is 9.18 Å². The molecule has 2 aromatic rings. The number of hydrogen-bond acceptors (Lipinski definition) is 5. The highest BCUT2D eigenvalue weighted by molar-refractivity contribution is 5.65. The quantitative estimate of drug-likeness (QED) is 0.905. The zero-order chi connectivity index (χ0) is 18.5. The maximum atomic E-state index is 13.9. The summed E-state index contributed by atoms with van der Waals surface area (Å²) in [7, 11) is 0. The molecule has 26 heavy (non-hydrogen) atoms. The van der Waals surface area contributed by atoms with Crippen LogP contribution < -0.4 is 9.64 Å². The van der Waals surface area contributed by atoms with Crippen LogP contribution in [-0.4, -0.2) is 47.3 Å². The van der Waals surface area contributed by atoms with Crippen molar-refractivity contribution in [2.75, 3.05) is 31.1 Å². The Balaban J connectivity index is 1.63. The predicted octanol–water partition coefficient (Wildman–Crippen LogP) is 2.47. The van der Waals surface area contributed by atoms with E-state index in [0.717, 1.165) is 0 Å². The van der Waals surface area contributed by atoms with E-state index in [2.05, 4.69) is 4.98 Å². The van der Waals surface area contributed by atoms with Crippen LogP contribution in [0.3, 0.4) is 0 Å². The van der Waals surface area contributed by atoms with Gasteiger partial charge in [-0.05, 0) is 18.2 Å². The molecular formula is C18H17FN4O3. The average Bonchev–Trinajstić information content (AvgIpc) is 2.67. The van der Waals surface area contributed by atoms with Gasteiger partial charge in [-0.3, -0.25) is 0 Å². The average molecular weight is 356 g/mol. The number of pyridine rings is 1. The molecule has 0 atom stereocenters. The molecule has 1 N–H and O–H groups in total. The summed E-state index contributed by atoms with van der Waals surface area (Å²) in [5.41, 5.74) is 0.596. The van der Waals surface area contributed by atoms with Crippen LogP contribution in [0.2, 0.25) is 0 Å². The van der Waals surface area contributed by atoms with E-state index in [4.69, 9.17) is 15.1 Å². The molecule has 0 aliphatic carbocycles. The van der Waals surface area contributed by atoms with Gasteiger partial charge in [0.2, 0.25) is 5.88 Å². The summed E-state index contributed by atoms with van der Waals surface area (Å²) in [5.74, 6) is 0.546. The Morgan fingerprint density at radius 2 is 2.04 bits per heavy atom. The first-order valence-electron chi connectivity index (χ1n) is 8.08. The van der Waals surface area contributed by atoms with Gasteiger partial charge in [-0.1, -0.05) is 12.1 Å². The highest BCUT2D eigenvalue weighted by Crippen LogP contribution is 2.19. The third-order valence-corrected chi connectivity index (χ3v) is 4.14. The lowest BCUT2D eigenvalue weighted by molar-refractivity contribution is 0.142. The number of ether oxygens (including phenoxy) is 1. The molecule has 0 saturated carbocycles. The van der Waals surface area contributed by atoms with Crippen LogP contribution in [0.15, 0.2) is 36.4 Å². The zero-order valence-electron chi connectivity index (χ0n) is 13.9. The number of anilines is 1. The number of hydrogen-bond donors (Lipinski definition) is 1. The molecule has 0 bridgehead atoms. The molecule has 7 nitrogen and oxygen atoms in total. The molecular weight excluding hydrogens is 339 g/mol. The fraction of sp³-hybridized carbons (Fsp3) is 0.278. The second-order valence-electron chi connectivity index (χ2n) is 5.80. The number of nitriles is 1. The summed E-state index contributed by atoms with van der Waals surface area (Å²) < 4.78 is 19.5. The number of piperazine rings is 1. The van der Waals surface area contributed by atoms with E-state index < -0.39 is 11.9 Å². The highest BCUT2D eigenvalue weighted by atomic mass is 19.1. The maximum absolute atomic E-state index is 13.9. The van der Waals surface area contributed by atoms with Crippen molar-refractivity contribution in [3.63, 3.8) is 0 Å². The van der Waals surface area contributed by atoms with Crippen LogP contribution in [0.1, 0.15) is 11.1 Å². The highest BCUT2D eigenvalue weighted by Gasteiger charge is 2.21. The van der Waals surface area contributed by atoms with Gasteiger partial charge in [0.25, 0.3) is 0 Å². The molecule has 0 unspecified atom stereocenters. The minimum atomic E-state index is -0.917. The summed E-state index contributed by atoms with van der Waals surface area (Å²) in [5, 5.41) is 17.8. The van der Waals surface area contributed by atoms with Gasteiger partial charge >= 0.3 is 6.09 Å². The molecule has 3 rings (SSSR count). The van der Waals surface area contributed by atoms with Crippen LogP contribution in [0, 0.1) is 17.1 Å². The van der Waals surface area contributed by atoms with E-state index >= 15 is 0 Å². The molecule has 134 valence electrons. The number of amides is 1. The van der Waals surface area contributed by atoms with Crippen molar-refractivity contribution in [1.29, 1.82) is 5.26 Å². The molecule has 1 fully saturated rings. The fourth-order valence-electron chi connectivity index (χ4n) is 2.67. The lowest BCUT2D eigenvalue weighted by atomic mass is 10.1. The number of nitrogens with zero attached hydrogens (tertiary/aromatic N) is 4. The number of benzene rings is 1. The first-order chi connectivity index (χ1) is 12.6. The van der Waals surface area contributed by atoms with Gasteiger partial charge in [-0.15, -0.1) is 0 Å². The van der Waals surface area contributed by atoms with E-state index in [1.807, 2.05) is 17.0 Å². The van der Waals surface area contributed by atoms with Crippen molar-refractivity contribution in [3.05, 3.63) is 53.3 Å². The zero-order valence-corrected chi connectivity index (χ0v) is 13.9. The Kier molecular flexibility index (Phi) is 5.17. The van der Waals surface area contributed by atoms with E-state index in [1.54, 1.807) is 12.1 Å². The summed E-state index contributed by atoms with van der Waals surface area (Å²) in [6.07, 6.45) is -0.917. The number of aromatic nitrogens is 1. The van der Waals surface area contributed by atoms with Crippen molar-refractivity contribution < 1.29 is 19.0 Å². The Hall–Kier alpha value is -3.34. The van der Waals surface area contributed by atoms with Gasteiger partial charge < -0.3 is 19.6 Å². The first-order valence-corrected chi connectivity index (χ1v) is 8.08. The van der Waals surface area contributed by atoms with Gasteiger partial charge in [0.1, 0.15) is 18.2 Å². The van der Waals surface area contributed by atoms with Crippen LogP contribution in [0.25, 0.3) is 0 Å². The molecule has 1 aliphatic heterocycles. The van der Waals surface area contributed by atoms with Crippen molar-refractivity contribution in [1.82, 2.24) is 9.88 Å². The van der Waals surface area contributed by atoms with E-state index in [-0.39, 0.29) is 12.2 Å². The lowest BCUT2D eigenvalue weighted by Crippen LogP contribution is -2.48. The van der Waals surface area contributed by atoms with Crippen molar-refractivity contribution in [2.45, 2.75) is 6.61 Å². The summed E-state index contributed by atoms with van der Waals surface area (Å²) in [6, 6.07) is 11.4. The van der Waals surface area contributed by atoms with Crippen LogP contribution in [0.4, 0.5) is 15.0 Å². The Morgan fingerprint density at radius 3 is 2.69 bits per heavy atom. The molecule has 1 saturated heterocycles. The Bertz CT molecular complexity index is 845. The topological polar surface area (TPSA) is 89.7 Å². The first kappa shape index (κ1) is 17.5. The Morgan fingerprint density at radius 1 is 1.27 bits per heavy atom. The monoisotopic (exact) mass is 356 g/mol. The Labute approximate surface area is 149 Å². The standard InChI is InChI=1S/C18H17FN4O3/c19-15-10-13(11-20)4-5-14(15)12-26-17-3-1-2-16(21-17)22-6-8-23(9-7-22)18(24)25/h1-5,10H,6-9,12H2,(H,24,25). The van der Waals surface area contributed by atoms with Crippen LogP contribution in [0.5, 0.6) is 5.88 Å². The van der Waals surface area contributed by atoms with Crippen LogP contribution in [-0.2, 0) is 6.61 Å². The van der Waals surface area contributed by atoms with E-state index in [0.29, 0.717) is 43.4 Å². The largest absolute Gasteiger partial charge is 0.473 e. The minimum absolute atomic E-state index is 0.000781. The fourth-order valence-corrected chi connectivity index (χ4v) is 2.67. The van der Waals surface area contributed by atoms with Gasteiger partial charge in [0, 0.05) is 37.8 Å².